The molecule has 0 aliphatic rings. The number of esters is 2. The number of ether oxygens (including phenoxy) is 3. The van der Waals surface area contributed by atoms with Crippen LogP contribution >= 0.6 is 0 Å². The van der Waals surface area contributed by atoms with Crippen molar-refractivity contribution in [3.63, 3.8) is 0 Å². The zero-order valence-corrected chi connectivity index (χ0v) is 18.2. The van der Waals surface area contributed by atoms with Gasteiger partial charge >= 0.3 is 11.9 Å². The molecule has 0 aliphatic heterocycles. The smallest absolute Gasteiger partial charge is 0.343 e. The Morgan fingerprint density at radius 2 is 1.44 bits per heavy atom. The Morgan fingerprint density at radius 1 is 0.875 bits per heavy atom. The largest absolute Gasteiger partial charge is 0.490 e. The van der Waals surface area contributed by atoms with Crippen molar-refractivity contribution in [2.75, 3.05) is 13.2 Å². The fourth-order valence-corrected chi connectivity index (χ4v) is 3.09. The number of carbonyl (C=O) groups excluding carboxylic acids is 2. The van der Waals surface area contributed by atoms with E-state index in [0.29, 0.717) is 24.5 Å². The van der Waals surface area contributed by atoms with Crippen LogP contribution in [0.5, 0.6) is 11.5 Å². The van der Waals surface area contributed by atoms with Gasteiger partial charge in [0.1, 0.15) is 18.1 Å². The van der Waals surface area contributed by atoms with Gasteiger partial charge in [-0.25, -0.2) is 4.79 Å². The first kappa shape index (κ1) is 22.8. The zero-order valence-electron chi connectivity index (χ0n) is 18.2. The summed E-state index contributed by atoms with van der Waals surface area (Å²) in [4.78, 5) is 24.4. The summed E-state index contributed by atoms with van der Waals surface area (Å²) in [5.41, 5.74) is 3.24. The molecule has 0 radical (unpaired) electrons. The van der Waals surface area contributed by atoms with Gasteiger partial charge in [0.15, 0.2) is 0 Å². The lowest BCUT2D eigenvalue weighted by Gasteiger charge is -2.11. The molecule has 5 nitrogen and oxygen atoms in total. The highest BCUT2D eigenvalue weighted by molar-refractivity contribution is 5.91. The minimum atomic E-state index is -0.448. The van der Waals surface area contributed by atoms with Crippen molar-refractivity contribution >= 4 is 11.9 Å². The second-order valence-corrected chi connectivity index (χ2v) is 7.13. The van der Waals surface area contributed by atoms with Crippen molar-refractivity contribution in [2.45, 2.75) is 19.8 Å². The summed E-state index contributed by atoms with van der Waals surface area (Å²) in [5, 5.41) is 0. The van der Waals surface area contributed by atoms with Crippen LogP contribution in [0.2, 0.25) is 0 Å². The molecule has 0 heterocycles. The third kappa shape index (κ3) is 5.85. The van der Waals surface area contributed by atoms with Crippen LogP contribution in [0.4, 0.5) is 0 Å². The average molecular weight is 431 g/mol. The Hall–Kier alpha value is -3.86. The summed E-state index contributed by atoms with van der Waals surface area (Å²) in [5.74, 6) is 0.0764. The predicted molar refractivity (Wildman–Crippen MR) is 124 cm³/mol. The van der Waals surface area contributed by atoms with Crippen LogP contribution in [-0.4, -0.2) is 25.2 Å². The Labute approximate surface area is 188 Å². The van der Waals surface area contributed by atoms with Crippen molar-refractivity contribution in [1.29, 1.82) is 0 Å². The molecule has 3 aromatic rings. The first-order valence-electron chi connectivity index (χ1n) is 10.4. The second-order valence-electron chi connectivity index (χ2n) is 7.13. The van der Waals surface area contributed by atoms with Gasteiger partial charge in [-0.05, 0) is 66.9 Å². The van der Waals surface area contributed by atoms with E-state index >= 15 is 0 Å². The minimum absolute atomic E-state index is 0.281. The van der Waals surface area contributed by atoms with E-state index in [4.69, 9.17) is 14.2 Å². The molecule has 3 rings (SSSR count). The molecule has 1 atom stereocenters. The molecule has 164 valence electrons. The standard InChI is InChI=1S/C27H26O5/c1-4-18-31-24-14-12-22(13-15-24)21-6-8-23(9-7-21)27(29)32-25-16-10-20(11-17-25)19(3)26(28)30-5-2/h4,6-17,19H,1,5,18H2,2-3H3. The molecule has 0 N–H and O–H groups in total. The fourth-order valence-electron chi connectivity index (χ4n) is 3.09. The van der Waals surface area contributed by atoms with Crippen molar-refractivity contribution in [3.8, 4) is 22.6 Å². The predicted octanol–water partition coefficient (Wildman–Crippen LogP) is 5.80. The summed E-state index contributed by atoms with van der Waals surface area (Å²) in [6, 6.07) is 21.8. The Bertz CT molecular complexity index is 1050. The van der Waals surface area contributed by atoms with Crippen LogP contribution in [0.25, 0.3) is 11.1 Å². The summed E-state index contributed by atoms with van der Waals surface area (Å²) in [7, 11) is 0. The SMILES string of the molecule is C=CCOc1ccc(-c2ccc(C(=O)Oc3ccc(C(C)C(=O)OCC)cc3)cc2)cc1. The van der Waals surface area contributed by atoms with Crippen LogP contribution in [0.3, 0.4) is 0 Å². The highest BCUT2D eigenvalue weighted by atomic mass is 16.5. The lowest BCUT2D eigenvalue weighted by Crippen LogP contribution is -2.13. The van der Waals surface area contributed by atoms with E-state index in [0.717, 1.165) is 22.4 Å². The van der Waals surface area contributed by atoms with Crippen molar-refractivity contribution in [2.24, 2.45) is 0 Å². The van der Waals surface area contributed by atoms with Gasteiger partial charge in [0.05, 0.1) is 18.1 Å². The molecule has 1 unspecified atom stereocenters. The minimum Gasteiger partial charge on any atom is -0.490 e. The molecule has 0 saturated carbocycles. The van der Waals surface area contributed by atoms with Gasteiger partial charge in [0.25, 0.3) is 0 Å². The molecule has 0 saturated heterocycles. The summed E-state index contributed by atoms with van der Waals surface area (Å²) < 4.78 is 16.0. The van der Waals surface area contributed by atoms with Gasteiger partial charge in [-0.2, -0.15) is 0 Å². The molecule has 5 heteroatoms. The Kier molecular flexibility index (Phi) is 7.81. The maximum absolute atomic E-state index is 12.5. The van der Waals surface area contributed by atoms with Gasteiger partial charge in [0, 0.05) is 0 Å². The van der Waals surface area contributed by atoms with Crippen LogP contribution in [0.15, 0.2) is 85.5 Å². The van der Waals surface area contributed by atoms with Crippen LogP contribution < -0.4 is 9.47 Å². The van der Waals surface area contributed by atoms with E-state index in [1.54, 1.807) is 56.3 Å². The molecule has 0 aromatic heterocycles. The first-order valence-corrected chi connectivity index (χ1v) is 10.4. The van der Waals surface area contributed by atoms with Crippen molar-refractivity contribution < 1.29 is 23.8 Å². The average Bonchev–Trinajstić information content (AvgIpc) is 2.83. The molecule has 0 spiro atoms. The van der Waals surface area contributed by atoms with Gasteiger partial charge in [-0.15, -0.1) is 0 Å². The molecular formula is C27H26O5. The molecular weight excluding hydrogens is 404 g/mol. The number of rotatable bonds is 9. The Morgan fingerprint density at radius 3 is 2.00 bits per heavy atom. The van der Waals surface area contributed by atoms with Gasteiger partial charge < -0.3 is 14.2 Å². The zero-order chi connectivity index (χ0) is 22.9. The quantitative estimate of drug-likeness (QED) is 0.244. The van der Waals surface area contributed by atoms with E-state index in [9.17, 15) is 9.59 Å². The van der Waals surface area contributed by atoms with E-state index in [2.05, 4.69) is 6.58 Å². The third-order valence-electron chi connectivity index (χ3n) is 4.91. The number of hydrogen-bond acceptors (Lipinski definition) is 5. The molecule has 3 aromatic carbocycles. The van der Waals surface area contributed by atoms with Crippen LogP contribution in [0, 0.1) is 0 Å². The van der Waals surface area contributed by atoms with Crippen LogP contribution in [0.1, 0.15) is 35.7 Å². The molecule has 0 bridgehead atoms. The van der Waals surface area contributed by atoms with E-state index < -0.39 is 5.97 Å². The summed E-state index contributed by atoms with van der Waals surface area (Å²) in [6.07, 6.45) is 1.70. The van der Waals surface area contributed by atoms with Gasteiger partial charge in [-0.3, -0.25) is 4.79 Å². The lowest BCUT2D eigenvalue weighted by molar-refractivity contribution is -0.144. The molecule has 0 aliphatic carbocycles. The fraction of sp³-hybridized carbons (Fsp3) is 0.185. The van der Waals surface area contributed by atoms with Gasteiger partial charge in [-0.1, -0.05) is 49.1 Å². The lowest BCUT2D eigenvalue weighted by atomic mass is 10.0. The summed E-state index contributed by atoms with van der Waals surface area (Å²) >= 11 is 0. The molecule has 0 fully saturated rings. The van der Waals surface area contributed by atoms with E-state index in [-0.39, 0.29) is 11.9 Å². The van der Waals surface area contributed by atoms with Crippen molar-refractivity contribution in [3.05, 3.63) is 96.6 Å². The van der Waals surface area contributed by atoms with E-state index in [1.807, 2.05) is 36.4 Å². The van der Waals surface area contributed by atoms with E-state index in [1.165, 1.54) is 0 Å². The number of hydrogen-bond donors (Lipinski definition) is 0. The van der Waals surface area contributed by atoms with Crippen molar-refractivity contribution in [1.82, 2.24) is 0 Å². The third-order valence-corrected chi connectivity index (χ3v) is 4.91. The summed E-state index contributed by atoms with van der Waals surface area (Å²) in [6.45, 7) is 7.99. The highest BCUT2D eigenvalue weighted by Crippen LogP contribution is 2.24. The van der Waals surface area contributed by atoms with Crippen LogP contribution in [-0.2, 0) is 9.53 Å². The maximum Gasteiger partial charge on any atom is 0.343 e. The first-order chi connectivity index (χ1) is 15.5. The monoisotopic (exact) mass is 430 g/mol. The van der Waals surface area contributed by atoms with Gasteiger partial charge in [0.2, 0.25) is 0 Å². The Balaban J connectivity index is 1.62. The topological polar surface area (TPSA) is 61.8 Å². The maximum atomic E-state index is 12.5. The normalized spacial score (nSPS) is 11.3. The molecule has 0 amide bonds. The number of benzene rings is 3. The number of carbonyl (C=O) groups is 2. The second kappa shape index (κ2) is 11.0. The molecule has 32 heavy (non-hydrogen) atoms. The highest BCUT2D eigenvalue weighted by Gasteiger charge is 2.16.